The van der Waals surface area contributed by atoms with E-state index in [1.54, 1.807) is 7.11 Å². The molecule has 0 spiro atoms. The zero-order valence-corrected chi connectivity index (χ0v) is 11.3. The van der Waals surface area contributed by atoms with Gasteiger partial charge in [0.2, 0.25) is 0 Å². The molecule has 1 heterocycles. The van der Waals surface area contributed by atoms with Crippen LogP contribution in [0.1, 0.15) is 19.8 Å². The Hall–Kier alpha value is -0.160. The molecule has 0 amide bonds. The number of methoxy groups -OCH3 is 1. The lowest BCUT2D eigenvalue weighted by Gasteiger charge is -2.34. The molecule has 0 bridgehead atoms. The Morgan fingerprint density at radius 1 is 1.53 bits per heavy atom. The minimum atomic E-state index is 0.299. The van der Waals surface area contributed by atoms with Crippen LogP contribution in [0.3, 0.4) is 0 Å². The van der Waals surface area contributed by atoms with Crippen LogP contribution in [0.5, 0.6) is 0 Å². The monoisotopic (exact) mass is 244 g/mol. The lowest BCUT2D eigenvalue weighted by atomic mass is 9.97. The highest BCUT2D eigenvalue weighted by Crippen LogP contribution is 2.16. The first kappa shape index (κ1) is 14.9. The molecule has 1 saturated heterocycles. The maximum Gasteiger partial charge on any atom is 0.0587 e. The first-order valence-corrected chi connectivity index (χ1v) is 6.79. The van der Waals surface area contributed by atoms with Crippen molar-refractivity contribution in [2.75, 3.05) is 53.0 Å². The summed E-state index contributed by atoms with van der Waals surface area (Å²) in [7, 11) is 1.74. The molecule has 0 aliphatic carbocycles. The summed E-state index contributed by atoms with van der Waals surface area (Å²) in [4.78, 5) is 2.49. The van der Waals surface area contributed by atoms with Gasteiger partial charge < -0.3 is 20.1 Å². The Kier molecular flexibility index (Phi) is 7.77. The number of piperidine rings is 1. The van der Waals surface area contributed by atoms with Gasteiger partial charge in [-0.2, -0.15) is 0 Å². The molecule has 4 nitrogen and oxygen atoms in total. The SMILES string of the molecule is COCCNCC1CCCN(CC(C)CO)C1. The Balaban J connectivity index is 2.14. The van der Waals surface area contributed by atoms with Gasteiger partial charge in [-0.1, -0.05) is 6.92 Å². The quantitative estimate of drug-likeness (QED) is 0.613. The predicted molar refractivity (Wildman–Crippen MR) is 70.2 cm³/mol. The summed E-state index contributed by atoms with van der Waals surface area (Å²) in [6.45, 7) is 8.63. The van der Waals surface area contributed by atoms with Crippen LogP contribution in [0, 0.1) is 11.8 Å². The number of ether oxygens (including phenoxy) is 1. The molecule has 17 heavy (non-hydrogen) atoms. The Morgan fingerprint density at radius 3 is 3.06 bits per heavy atom. The standard InChI is InChI=1S/C13H28N2O2/c1-12(11-16)9-15-6-3-4-13(10-15)8-14-5-7-17-2/h12-14,16H,3-11H2,1-2H3. The predicted octanol–water partition coefficient (Wildman–Crippen LogP) is 0.563. The van der Waals surface area contributed by atoms with Crippen molar-refractivity contribution in [1.82, 2.24) is 10.2 Å². The molecule has 0 saturated carbocycles. The molecule has 4 heteroatoms. The highest BCUT2D eigenvalue weighted by molar-refractivity contribution is 4.75. The minimum Gasteiger partial charge on any atom is -0.396 e. The first-order valence-electron chi connectivity index (χ1n) is 6.79. The number of nitrogens with one attached hydrogen (secondary N) is 1. The van der Waals surface area contributed by atoms with E-state index in [0.717, 1.165) is 32.2 Å². The lowest BCUT2D eigenvalue weighted by molar-refractivity contribution is 0.126. The van der Waals surface area contributed by atoms with E-state index in [2.05, 4.69) is 17.1 Å². The molecule has 1 fully saturated rings. The Labute approximate surface area is 105 Å². The number of aliphatic hydroxyl groups excluding tert-OH is 1. The fourth-order valence-corrected chi connectivity index (χ4v) is 2.46. The number of nitrogens with zero attached hydrogens (tertiary/aromatic N) is 1. The molecule has 2 N–H and O–H groups in total. The topological polar surface area (TPSA) is 44.7 Å². The molecule has 0 radical (unpaired) electrons. The number of hydrogen-bond donors (Lipinski definition) is 2. The van der Waals surface area contributed by atoms with Crippen molar-refractivity contribution in [2.45, 2.75) is 19.8 Å². The molecule has 0 aromatic carbocycles. The van der Waals surface area contributed by atoms with Crippen LogP contribution in [0.25, 0.3) is 0 Å². The molecule has 1 aliphatic rings. The van der Waals surface area contributed by atoms with Crippen LogP contribution in [-0.2, 0) is 4.74 Å². The number of aliphatic hydroxyl groups is 1. The third-order valence-corrected chi connectivity index (χ3v) is 3.40. The largest absolute Gasteiger partial charge is 0.396 e. The summed E-state index contributed by atoms with van der Waals surface area (Å²) in [5.74, 6) is 1.15. The Morgan fingerprint density at radius 2 is 2.35 bits per heavy atom. The smallest absolute Gasteiger partial charge is 0.0587 e. The van der Waals surface area contributed by atoms with Crippen molar-refractivity contribution >= 4 is 0 Å². The number of likely N-dealkylation sites (tertiary alicyclic amines) is 1. The normalized spacial score (nSPS) is 23.8. The Bertz CT molecular complexity index is 190. The highest BCUT2D eigenvalue weighted by atomic mass is 16.5. The van der Waals surface area contributed by atoms with E-state index < -0.39 is 0 Å². The molecule has 2 atom stereocenters. The van der Waals surface area contributed by atoms with Crippen LogP contribution >= 0.6 is 0 Å². The third kappa shape index (κ3) is 6.36. The fraction of sp³-hybridized carbons (Fsp3) is 1.00. The average Bonchev–Trinajstić information content (AvgIpc) is 2.35. The van der Waals surface area contributed by atoms with Crippen molar-refractivity contribution < 1.29 is 9.84 Å². The summed E-state index contributed by atoms with van der Waals surface area (Å²) in [5, 5.41) is 12.5. The second-order valence-electron chi connectivity index (χ2n) is 5.25. The average molecular weight is 244 g/mol. The molecular weight excluding hydrogens is 216 g/mol. The van der Waals surface area contributed by atoms with E-state index in [9.17, 15) is 0 Å². The summed E-state index contributed by atoms with van der Waals surface area (Å²) < 4.78 is 5.02. The molecule has 102 valence electrons. The molecule has 1 aliphatic heterocycles. The van der Waals surface area contributed by atoms with Crippen molar-refractivity contribution in [3.63, 3.8) is 0 Å². The molecule has 1 rings (SSSR count). The fourth-order valence-electron chi connectivity index (χ4n) is 2.46. The van der Waals surface area contributed by atoms with Crippen LogP contribution in [0.15, 0.2) is 0 Å². The third-order valence-electron chi connectivity index (χ3n) is 3.40. The second-order valence-corrected chi connectivity index (χ2v) is 5.25. The zero-order valence-electron chi connectivity index (χ0n) is 11.3. The van der Waals surface area contributed by atoms with Crippen molar-refractivity contribution in [3.05, 3.63) is 0 Å². The minimum absolute atomic E-state index is 0.299. The van der Waals surface area contributed by atoms with E-state index in [0.29, 0.717) is 12.5 Å². The molecule has 2 unspecified atom stereocenters. The van der Waals surface area contributed by atoms with E-state index in [-0.39, 0.29) is 0 Å². The summed E-state index contributed by atoms with van der Waals surface area (Å²) in [6.07, 6.45) is 2.61. The van der Waals surface area contributed by atoms with E-state index >= 15 is 0 Å². The number of hydrogen-bond acceptors (Lipinski definition) is 4. The van der Waals surface area contributed by atoms with Gasteiger partial charge in [0.05, 0.1) is 6.61 Å². The van der Waals surface area contributed by atoms with E-state index in [1.807, 2.05) is 0 Å². The van der Waals surface area contributed by atoms with Gasteiger partial charge >= 0.3 is 0 Å². The van der Waals surface area contributed by atoms with Crippen LogP contribution in [0.2, 0.25) is 0 Å². The molecular formula is C13H28N2O2. The van der Waals surface area contributed by atoms with Crippen LogP contribution in [-0.4, -0.2) is 63.1 Å². The van der Waals surface area contributed by atoms with E-state index in [4.69, 9.17) is 9.84 Å². The maximum absolute atomic E-state index is 9.08. The maximum atomic E-state index is 9.08. The van der Waals surface area contributed by atoms with Gasteiger partial charge in [-0.15, -0.1) is 0 Å². The van der Waals surface area contributed by atoms with Gasteiger partial charge in [0, 0.05) is 33.4 Å². The van der Waals surface area contributed by atoms with Crippen molar-refractivity contribution in [3.8, 4) is 0 Å². The van der Waals surface area contributed by atoms with Gasteiger partial charge in [0.25, 0.3) is 0 Å². The van der Waals surface area contributed by atoms with Gasteiger partial charge in [0.15, 0.2) is 0 Å². The summed E-state index contributed by atoms with van der Waals surface area (Å²) >= 11 is 0. The second kappa shape index (κ2) is 8.86. The van der Waals surface area contributed by atoms with Crippen LogP contribution < -0.4 is 5.32 Å². The molecule has 0 aromatic heterocycles. The lowest BCUT2D eigenvalue weighted by Crippen LogP contribution is -2.42. The first-order chi connectivity index (χ1) is 8.26. The van der Waals surface area contributed by atoms with Crippen molar-refractivity contribution in [2.24, 2.45) is 11.8 Å². The molecule has 0 aromatic rings. The van der Waals surface area contributed by atoms with Gasteiger partial charge in [-0.25, -0.2) is 0 Å². The van der Waals surface area contributed by atoms with Crippen LogP contribution in [0.4, 0.5) is 0 Å². The van der Waals surface area contributed by atoms with Gasteiger partial charge in [-0.3, -0.25) is 0 Å². The summed E-state index contributed by atoms with van der Waals surface area (Å²) in [5.41, 5.74) is 0. The van der Waals surface area contributed by atoms with E-state index in [1.165, 1.54) is 25.9 Å². The highest BCUT2D eigenvalue weighted by Gasteiger charge is 2.20. The van der Waals surface area contributed by atoms with Gasteiger partial charge in [0.1, 0.15) is 0 Å². The zero-order chi connectivity index (χ0) is 12.5. The summed E-state index contributed by atoms with van der Waals surface area (Å²) in [6, 6.07) is 0. The number of rotatable bonds is 8. The van der Waals surface area contributed by atoms with Crippen molar-refractivity contribution in [1.29, 1.82) is 0 Å². The van der Waals surface area contributed by atoms with Gasteiger partial charge in [-0.05, 0) is 37.8 Å².